The number of carbonyl (C=O) groups is 2. The maximum Gasteiger partial charge on any atom is 0.255 e. The normalized spacial score (nSPS) is 14.9. The average molecular weight is 393 g/mol. The smallest absolute Gasteiger partial charge is 0.255 e. The monoisotopic (exact) mass is 392 g/mol. The topological polar surface area (TPSA) is 97.6 Å². The Bertz CT molecular complexity index is 831. The van der Waals surface area contributed by atoms with E-state index in [1.807, 2.05) is 0 Å². The molecule has 0 bridgehead atoms. The number of aryl methyl sites for hydroxylation is 1. The molecule has 0 atom stereocenters. The number of likely N-dealkylation sites (tertiary alicyclic amines) is 1. The summed E-state index contributed by atoms with van der Waals surface area (Å²) < 4.78 is 10.9. The standard InChI is InChI=1S/C18H21ClN4O4/c1-11-21-17(22-27-11)10-20-18(25)15-9-13(19)3-4-16(15)26-14-5-7-23(8-6-14)12(2)24/h3-4,9,14H,5-8,10H2,1-2H3,(H,20,25). The number of benzene rings is 1. The fourth-order valence-electron chi connectivity index (χ4n) is 2.92. The van der Waals surface area contributed by atoms with Crippen LogP contribution in [-0.2, 0) is 11.3 Å². The van der Waals surface area contributed by atoms with Crippen molar-refractivity contribution in [1.82, 2.24) is 20.4 Å². The second-order valence-corrected chi connectivity index (χ2v) is 6.81. The predicted molar refractivity (Wildman–Crippen MR) is 97.6 cm³/mol. The summed E-state index contributed by atoms with van der Waals surface area (Å²) in [6, 6.07) is 4.94. The zero-order chi connectivity index (χ0) is 19.4. The van der Waals surface area contributed by atoms with E-state index in [0.29, 0.717) is 54.0 Å². The van der Waals surface area contributed by atoms with Crippen LogP contribution in [0.1, 0.15) is 41.8 Å². The summed E-state index contributed by atoms with van der Waals surface area (Å²) in [6.07, 6.45) is 1.37. The van der Waals surface area contributed by atoms with Crippen molar-refractivity contribution in [1.29, 1.82) is 0 Å². The molecule has 144 valence electrons. The Hall–Kier alpha value is -2.61. The van der Waals surface area contributed by atoms with Crippen molar-refractivity contribution in [2.45, 2.75) is 39.3 Å². The highest BCUT2D eigenvalue weighted by molar-refractivity contribution is 6.31. The minimum Gasteiger partial charge on any atom is -0.489 e. The highest BCUT2D eigenvalue weighted by Gasteiger charge is 2.24. The van der Waals surface area contributed by atoms with E-state index in [9.17, 15) is 9.59 Å². The summed E-state index contributed by atoms with van der Waals surface area (Å²) in [4.78, 5) is 29.9. The molecule has 1 saturated heterocycles. The summed E-state index contributed by atoms with van der Waals surface area (Å²) in [5.74, 6) is 1.01. The number of piperidine rings is 1. The van der Waals surface area contributed by atoms with E-state index in [0.717, 1.165) is 0 Å². The highest BCUT2D eigenvalue weighted by atomic mass is 35.5. The van der Waals surface area contributed by atoms with E-state index < -0.39 is 0 Å². The van der Waals surface area contributed by atoms with Gasteiger partial charge in [0, 0.05) is 44.8 Å². The first-order chi connectivity index (χ1) is 12.9. The molecule has 1 aromatic carbocycles. The molecule has 0 radical (unpaired) electrons. The predicted octanol–water partition coefficient (Wildman–Crippen LogP) is 2.35. The van der Waals surface area contributed by atoms with Gasteiger partial charge >= 0.3 is 0 Å². The Labute approximate surface area is 161 Å². The number of rotatable bonds is 5. The maximum atomic E-state index is 12.6. The van der Waals surface area contributed by atoms with E-state index in [4.69, 9.17) is 20.9 Å². The van der Waals surface area contributed by atoms with Gasteiger partial charge in [0.2, 0.25) is 11.8 Å². The van der Waals surface area contributed by atoms with Gasteiger partial charge in [0.25, 0.3) is 5.91 Å². The van der Waals surface area contributed by atoms with Crippen LogP contribution in [0.4, 0.5) is 0 Å². The lowest BCUT2D eigenvalue weighted by molar-refractivity contribution is -0.130. The number of nitrogens with zero attached hydrogens (tertiary/aromatic N) is 3. The molecule has 2 amide bonds. The molecule has 0 spiro atoms. The minimum absolute atomic E-state index is 0.0619. The van der Waals surface area contributed by atoms with Crippen molar-refractivity contribution in [3.8, 4) is 5.75 Å². The van der Waals surface area contributed by atoms with Crippen LogP contribution in [-0.4, -0.2) is 46.0 Å². The largest absolute Gasteiger partial charge is 0.489 e. The third kappa shape index (κ3) is 4.97. The van der Waals surface area contributed by atoms with Crippen LogP contribution in [0.25, 0.3) is 0 Å². The molecule has 1 fully saturated rings. The van der Waals surface area contributed by atoms with Gasteiger partial charge in [0.05, 0.1) is 12.1 Å². The number of nitrogens with one attached hydrogen (secondary N) is 1. The fraction of sp³-hybridized carbons (Fsp3) is 0.444. The van der Waals surface area contributed by atoms with E-state index in [-0.39, 0.29) is 24.5 Å². The number of ether oxygens (including phenoxy) is 1. The molecule has 2 aromatic rings. The lowest BCUT2D eigenvalue weighted by Crippen LogP contribution is -2.40. The van der Waals surface area contributed by atoms with Crippen LogP contribution in [0.3, 0.4) is 0 Å². The van der Waals surface area contributed by atoms with Gasteiger partial charge in [0.15, 0.2) is 5.82 Å². The van der Waals surface area contributed by atoms with Crippen LogP contribution in [0.2, 0.25) is 5.02 Å². The molecule has 1 aromatic heterocycles. The number of hydrogen-bond acceptors (Lipinski definition) is 6. The zero-order valence-electron chi connectivity index (χ0n) is 15.2. The molecule has 0 saturated carbocycles. The van der Waals surface area contributed by atoms with Gasteiger partial charge in [0.1, 0.15) is 11.9 Å². The first-order valence-electron chi connectivity index (χ1n) is 8.71. The Kier molecular flexibility index (Phi) is 5.95. The Morgan fingerprint density at radius 3 is 2.74 bits per heavy atom. The molecule has 9 heteroatoms. The Morgan fingerprint density at radius 1 is 1.37 bits per heavy atom. The van der Waals surface area contributed by atoms with Crippen LogP contribution < -0.4 is 10.1 Å². The summed E-state index contributed by atoms with van der Waals surface area (Å²) in [5, 5.41) is 6.93. The molecule has 0 unspecified atom stereocenters. The van der Waals surface area contributed by atoms with Crippen molar-refractivity contribution in [3.63, 3.8) is 0 Å². The molecule has 27 heavy (non-hydrogen) atoms. The molecular formula is C18H21ClN4O4. The number of amides is 2. The molecule has 2 heterocycles. The summed E-state index contributed by atoms with van der Waals surface area (Å²) in [5.41, 5.74) is 0.344. The average Bonchev–Trinajstić information content (AvgIpc) is 3.07. The molecule has 1 aliphatic rings. The summed E-state index contributed by atoms with van der Waals surface area (Å²) in [6.45, 7) is 4.67. The molecule has 8 nitrogen and oxygen atoms in total. The SMILES string of the molecule is CC(=O)N1CCC(Oc2ccc(Cl)cc2C(=O)NCc2noc(C)n2)CC1. The number of halogens is 1. The Morgan fingerprint density at radius 2 is 2.11 bits per heavy atom. The van der Waals surface area contributed by atoms with Crippen molar-refractivity contribution in [2.24, 2.45) is 0 Å². The summed E-state index contributed by atoms with van der Waals surface area (Å²) >= 11 is 6.06. The van der Waals surface area contributed by atoms with Crippen molar-refractivity contribution < 1.29 is 18.8 Å². The molecule has 1 aliphatic heterocycles. The van der Waals surface area contributed by atoms with Crippen molar-refractivity contribution >= 4 is 23.4 Å². The lowest BCUT2D eigenvalue weighted by atomic mass is 10.1. The second-order valence-electron chi connectivity index (χ2n) is 6.38. The molecule has 1 N–H and O–H groups in total. The second kappa shape index (κ2) is 8.39. The van der Waals surface area contributed by atoms with Gasteiger partial charge in [-0.1, -0.05) is 16.8 Å². The molecule has 3 rings (SSSR count). The van der Waals surface area contributed by atoms with E-state index in [2.05, 4.69) is 15.5 Å². The maximum absolute atomic E-state index is 12.6. The van der Waals surface area contributed by atoms with Gasteiger partial charge in [-0.05, 0) is 18.2 Å². The van der Waals surface area contributed by atoms with Gasteiger partial charge in [-0.2, -0.15) is 4.98 Å². The van der Waals surface area contributed by atoms with Crippen molar-refractivity contribution in [3.05, 3.63) is 40.5 Å². The fourth-order valence-corrected chi connectivity index (χ4v) is 3.09. The third-order valence-electron chi connectivity index (χ3n) is 4.34. The first-order valence-corrected chi connectivity index (χ1v) is 9.09. The van der Waals surface area contributed by atoms with Gasteiger partial charge in [-0.25, -0.2) is 0 Å². The number of carbonyl (C=O) groups excluding carboxylic acids is 2. The summed E-state index contributed by atoms with van der Waals surface area (Å²) in [7, 11) is 0. The van der Waals surface area contributed by atoms with E-state index >= 15 is 0 Å². The lowest BCUT2D eigenvalue weighted by Gasteiger charge is -2.31. The molecule has 0 aliphatic carbocycles. The van der Waals surface area contributed by atoms with Crippen molar-refractivity contribution in [2.75, 3.05) is 13.1 Å². The van der Waals surface area contributed by atoms with E-state index in [1.165, 1.54) is 0 Å². The molecular weight excluding hydrogens is 372 g/mol. The number of hydrogen-bond donors (Lipinski definition) is 1. The van der Waals surface area contributed by atoms with E-state index in [1.54, 1.807) is 36.9 Å². The van der Waals surface area contributed by atoms with Crippen LogP contribution in [0.15, 0.2) is 22.7 Å². The van der Waals surface area contributed by atoms with Gasteiger partial charge in [-0.3, -0.25) is 9.59 Å². The quantitative estimate of drug-likeness (QED) is 0.838. The first kappa shape index (κ1) is 19.2. The Balaban J connectivity index is 1.65. The van der Waals surface area contributed by atoms with Gasteiger partial charge < -0.3 is 19.5 Å². The number of aromatic nitrogens is 2. The van der Waals surface area contributed by atoms with Crippen LogP contribution in [0.5, 0.6) is 5.75 Å². The highest BCUT2D eigenvalue weighted by Crippen LogP contribution is 2.26. The zero-order valence-corrected chi connectivity index (χ0v) is 16.0. The third-order valence-corrected chi connectivity index (χ3v) is 4.58. The van der Waals surface area contributed by atoms with Crippen LogP contribution in [0, 0.1) is 6.92 Å². The van der Waals surface area contributed by atoms with Crippen LogP contribution >= 0.6 is 11.6 Å². The minimum atomic E-state index is -0.337. The van der Waals surface area contributed by atoms with Gasteiger partial charge in [-0.15, -0.1) is 0 Å².